The number of rotatable bonds is 6. The monoisotopic (exact) mass is 494 g/mol. The highest BCUT2D eigenvalue weighted by Crippen LogP contribution is 2.54. The van der Waals surface area contributed by atoms with Crippen molar-refractivity contribution in [3.05, 3.63) is 59.6 Å². The number of carbonyl (C=O) groups is 1. The molecule has 0 amide bonds. The highest BCUT2D eigenvalue weighted by Gasteiger charge is 2.33. The lowest BCUT2D eigenvalue weighted by Crippen LogP contribution is -2.20. The molecule has 1 atom stereocenters. The van der Waals surface area contributed by atoms with E-state index >= 15 is 0 Å². The third-order valence-electron chi connectivity index (χ3n) is 6.69. The van der Waals surface area contributed by atoms with E-state index in [-0.39, 0.29) is 10.5 Å². The molecule has 6 nitrogen and oxygen atoms in total. The summed E-state index contributed by atoms with van der Waals surface area (Å²) in [4.78, 5) is 17.3. The largest absolute Gasteiger partial charge is 0.477 e. The van der Waals surface area contributed by atoms with E-state index in [0.717, 1.165) is 58.5 Å². The van der Waals surface area contributed by atoms with Crippen LogP contribution < -0.4 is 5.09 Å². The SMILES string of the molecule is CC1CCC(P(C)(=O)Nc2cc(-c3ccc(-c4cc5ncccc5o4)cc3)sc2C(=O)O)CC1. The van der Waals surface area contributed by atoms with Gasteiger partial charge in [0.25, 0.3) is 0 Å². The minimum Gasteiger partial charge on any atom is -0.477 e. The third kappa shape index (κ3) is 4.55. The van der Waals surface area contributed by atoms with Crippen molar-refractivity contribution in [3.63, 3.8) is 0 Å². The average Bonchev–Trinajstić information content (AvgIpc) is 3.44. The minimum atomic E-state index is -2.75. The molecule has 4 aromatic rings. The Morgan fingerprint density at radius 2 is 1.82 bits per heavy atom. The number of anilines is 1. The van der Waals surface area contributed by atoms with Crippen LogP contribution in [0.1, 0.15) is 42.3 Å². The maximum absolute atomic E-state index is 13.5. The van der Waals surface area contributed by atoms with Gasteiger partial charge >= 0.3 is 5.97 Å². The average molecular weight is 495 g/mol. The number of furan rings is 1. The van der Waals surface area contributed by atoms with Crippen LogP contribution in [0.15, 0.2) is 59.1 Å². The Hall–Kier alpha value is -2.89. The fourth-order valence-electron chi connectivity index (χ4n) is 4.65. The van der Waals surface area contributed by atoms with Crippen LogP contribution in [0, 0.1) is 5.92 Å². The van der Waals surface area contributed by atoms with Gasteiger partial charge < -0.3 is 19.2 Å². The molecule has 0 saturated heterocycles. The summed E-state index contributed by atoms with van der Waals surface area (Å²) in [6.45, 7) is 3.99. The van der Waals surface area contributed by atoms with Gasteiger partial charge in [-0.05, 0) is 55.4 Å². The highest BCUT2D eigenvalue weighted by atomic mass is 32.1. The van der Waals surface area contributed by atoms with Crippen molar-refractivity contribution in [1.29, 1.82) is 0 Å². The first-order valence-electron chi connectivity index (χ1n) is 11.5. The number of hydrogen-bond donors (Lipinski definition) is 2. The number of carboxylic acid groups (broad SMARTS) is 1. The number of carboxylic acids is 1. The first-order chi connectivity index (χ1) is 16.3. The molecule has 3 aromatic heterocycles. The van der Waals surface area contributed by atoms with Crippen LogP contribution in [-0.2, 0) is 4.57 Å². The lowest BCUT2D eigenvalue weighted by molar-refractivity contribution is 0.0703. The highest BCUT2D eigenvalue weighted by molar-refractivity contribution is 7.65. The summed E-state index contributed by atoms with van der Waals surface area (Å²) in [5.41, 5.74) is 3.89. The number of aromatic carboxylic acids is 1. The summed E-state index contributed by atoms with van der Waals surface area (Å²) in [6.07, 6.45) is 5.70. The topological polar surface area (TPSA) is 92.4 Å². The van der Waals surface area contributed by atoms with Crippen molar-refractivity contribution < 1.29 is 18.9 Å². The summed E-state index contributed by atoms with van der Waals surface area (Å²) in [5.74, 6) is 0.383. The van der Waals surface area contributed by atoms with Crippen LogP contribution in [-0.4, -0.2) is 28.4 Å². The summed E-state index contributed by atoms with van der Waals surface area (Å²) in [5, 5.41) is 13.0. The van der Waals surface area contributed by atoms with Crippen LogP contribution in [0.5, 0.6) is 0 Å². The number of aromatic nitrogens is 1. The molecule has 1 unspecified atom stereocenters. The standard InChI is InChI=1S/C26H27N2O4PS/c1-16-5-11-19(12-6-16)33(2,31)28-21-15-24(34-25(21)26(29)30)18-9-7-17(8-10-18)23-14-20-22(32-23)4-3-13-27-20/h3-4,7-10,13-16,19H,5-6,11-12H2,1-2H3,(H,28,31)(H,29,30). The number of nitrogens with zero attached hydrogens (tertiary/aromatic N) is 1. The normalized spacial score (nSPS) is 20.2. The Labute approximate surface area is 202 Å². The number of thiophene rings is 1. The second kappa shape index (κ2) is 9.05. The smallest absolute Gasteiger partial charge is 0.348 e. The van der Waals surface area contributed by atoms with E-state index in [1.807, 2.05) is 48.5 Å². The van der Waals surface area contributed by atoms with Gasteiger partial charge in [-0.15, -0.1) is 11.3 Å². The molecule has 5 rings (SSSR count). The van der Waals surface area contributed by atoms with E-state index in [1.54, 1.807) is 12.9 Å². The zero-order valence-electron chi connectivity index (χ0n) is 19.2. The third-order valence-corrected chi connectivity index (χ3v) is 10.5. The lowest BCUT2D eigenvalue weighted by atomic mass is 9.91. The van der Waals surface area contributed by atoms with E-state index in [0.29, 0.717) is 11.6 Å². The van der Waals surface area contributed by atoms with Gasteiger partial charge in [0.2, 0.25) is 0 Å². The molecule has 1 fully saturated rings. The Balaban J connectivity index is 1.40. The molecule has 1 aromatic carbocycles. The van der Waals surface area contributed by atoms with Crippen molar-refractivity contribution in [3.8, 4) is 21.8 Å². The van der Waals surface area contributed by atoms with Gasteiger partial charge in [-0.3, -0.25) is 4.98 Å². The van der Waals surface area contributed by atoms with Crippen LogP contribution in [0.3, 0.4) is 0 Å². The van der Waals surface area contributed by atoms with Gasteiger partial charge in [-0.2, -0.15) is 0 Å². The lowest BCUT2D eigenvalue weighted by Gasteiger charge is -2.31. The van der Waals surface area contributed by atoms with Crippen LogP contribution in [0.25, 0.3) is 32.9 Å². The molecule has 1 aliphatic rings. The summed E-state index contributed by atoms with van der Waals surface area (Å²) >= 11 is 1.20. The van der Waals surface area contributed by atoms with Crippen molar-refractivity contribution in [1.82, 2.24) is 4.98 Å². The summed E-state index contributed by atoms with van der Waals surface area (Å²) in [7, 11) is -2.75. The van der Waals surface area contributed by atoms with Gasteiger partial charge in [0.1, 0.15) is 16.2 Å². The Kier molecular flexibility index (Phi) is 6.09. The first kappa shape index (κ1) is 22.9. The van der Waals surface area contributed by atoms with E-state index < -0.39 is 13.3 Å². The maximum atomic E-state index is 13.5. The Morgan fingerprint density at radius 1 is 1.12 bits per heavy atom. The van der Waals surface area contributed by atoms with Crippen molar-refractivity contribution >= 4 is 41.4 Å². The quantitative estimate of drug-likeness (QED) is 0.266. The molecule has 1 aliphatic carbocycles. The minimum absolute atomic E-state index is 0.0891. The fraction of sp³-hybridized carbons (Fsp3) is 0.308. The van der Waals surface area contributed by atoms with Crippen molar-refractivity contribution in [2.24, 2.45) is 5.92 Å². The second-order valence-electron chi connectivity index (χ2n) is 9.25. The van der Waals surface area contributed by atoms with Gasteiger partial charge in [0, 0.05) is 35.0 Å². The van der Waals surface area contributed by atoms with Gasteiger partial charge in [-0.25, -0.2) is 4.79 Å². The Morgan fingerprint density at radius 3 is 2.50 bits per heavy atom. The van der Waals surface area contributed by atoms with Crippen LogP contribution in [0.4, 0.5) is 5.69 Å². The zero-order valence-corrected chi connectivity index (χ0v) is 20.9. The molecule has 8 heteroatoms. The molecule has 176 valence electrons. The van der Waals surface area contributed by atoms with E-state index in [2.05, 4.69) is 17.0 Å². The summed E-state index contributed by atoms with van der Waals surface area (Å²) < 4.78 is 19.4. The van der Waals surface area contributed by atoms with E-state index in [4.69, 9.17) is 4.42 Å². The summed E-state index contributed by atoms with van der Waals surface area (Å²) in [6, 6.07) is 15.2. The van der Waals surface area contributed by atoms with Crippen molar-refractivity contribution in [2.45, 2.75) is 38.3 Å². The van der Waals surface area contributed by atoms with E-state index in [1.165, 1.54) is 11.3 Å². The van der Waals surface area contributed by atoms with E-state index in [9.17, 15) is 14.5 Å². The molecular weight excluding hydrogens is 467 g/mol. The second-order valence-corrected chi connectivity index (χ2v) is 13.2. The molecule has 0 aliphatic heterocycles. The number of pyridine rings is 1. The molecular formula is C26H27N2O4PS. The molecule has 3 heterocycles. The molecule has 0 radical (unpaired) electrons. The molecule has 1 saturated carbocycles. The molecule has 2 N–H and O–H groups in total. The van der Waals surface area contributed by atoms with Crippen LogP contribution >= 0.6 is 18.6 Å². The number of nitrogens with one attached hydrogen (secondary N) is 1. The maximum Gasteiger partial charge on any atom is 0.348 e. The van der Waals surface area contributed by atoms with Gasteiger partial charge in [0.05, 0.1) is 5.69 Å². The molecule has 34 heavy (non-hydrogen) atoms. The first-order valence-corrected chi connectivity index (χ1v) is 14.5. The number of fused-ring (bicyclic) bond motifs is 1. The zero-order chi connectivity index (χ0) is 23.9. The van der Waals surface area contributed by atoms with Gasteiger partial charge in [-0.1, -0.05) is 31.2 Å². The predicted octanol–water partition coefficient (Wildman–Crippen LogP) is 7.82. The Bertz CT molecular complexity index is 1350. The fourth-order valence-corrected chi connectivity index (χ4v) is 7.81. The molecule has 0 bridgehead atoms. The predicted molar refractivity (Wildman–Crippen MR) is 138 cm³/mol. The van der Waals surface area contributed by atoms with Crippen molar-refractivity contribution in [2.75, 3.05) is 11.8 Å². The van der Waals surface area contributed by atoms with Gasteiger partial charge in [0.15, 0.2) is 12.9 Å². The molecule has 0 spiro atoms. The van der Waals surface area contributed by atoms with Crippen LogP contribution in [0.2, 0.25) is 0 Å². The number of hydrogen-bond acceptors (Lipinski definition) is 5. The number of benzene rings is 1.